The highest BCUT2D eigenvalue weighted by Crippen LogP contribution is 2.12. The van der Waals surface area contributed by atoms with Crippen molar-refractivity contribution in [1.29, 1.82) is 0 Å². The summed E-state index contributed by atoms with van der Waals surface area (Å²) in [4.78, 5) is 10.2. The maximum absolute atomic E-state index is 10.7. The number of H-pyrrole nitrogens is 1. The zero-order valence-corrected chi connectivity index (χ0v) is 13.7. The fourth-order valence-electron chi connectivity index (χ4n) is 2.16. The Balaban J connectivity index is 1.96. The number of rotatable bonds is 4. The maximum Gasteiger partial charge on any atom is 0.271 e. The Morgan fingerprint density at radius 2 is 2.04 bits per heavy atom. The summed E-state index contributed by atoms with van der Waals surface area (Å²) in [5, 5.41) is 26.2. The highest BCUT2D eigenvalue weighted by molar-refractivity contribution is 7.71. The van der Waals surface area contributed by atoms with E-state index in [0.717, 1.165) is 11.4 Å². The Bertz CT molecular complexity index is 981. The van der Waals surface area contributed by atoms with Gasteiger partial charge in [0.05, 0.1) is 16.8 Å². The molecule has 3 aromatic rings. The fraction of sp³-hybridized carbons (Fsp3) is 0.143. The van der Waals surface area contributed by atoms with Crippen molar-refractivity contribution in [3.05, 3.63) is 62.2 Å². The standard InChI is InChI=1S/C14H13N7O2S/c1-9-7-10(2)19(18-9)13-16-17-14(24)20(13)15-8-11-3-5-12(6-4-11)21(22)23/h3-8H,1-2H3,(H,17,24)/b15-8+. The summed E-state index contributed by atoms with van der Waals surface area (Å²) in [7, 11) is 0. The molecule has 24 heavy (non-hydrogen) atoms. The Morgan fingerprint density at radius 1 is 1.33 bits per heavy atom. The Morgan fingerprint density at radius 3 is 2.62 bits per heavy atom. The van der Waals surface area contributed by atoms with E-state index < -0.39 is 4.92 Å². The van der Waals surface area contributed by atoms with Crippen molar-refractivity contribution in [2.24, 2.45) is 5.10 Å². The molecule has 2 heterocycles. The normalized spacial score (nSPS) is 11.2. The average molecular weight is 343 g/mol. The van der Waals surface area contributed by atoms with Crippen molar-refractivity contribution in [1.82, 2.24) is 24.7 Å². The van der Waals surface area contributed by atoms with Crippen LogP contribution in [-0.2, 0) is 0 Å². The van der Waals surface area contributed by atoms with Crippen molar-refractivity contribution in [3.8, 4) is 5.95 Å². The third kappa shape index (κ3) is 2.99. The van der Waals surface area contributed by atoms with E-state index in [0.29, 0.717) is 16.3 Å². The van der Waals surface area contributed by atoms with Crippen molar-refractivity contribution in [3.63, 3.8) is 0 Å². The monoisotopic (exact) mass is 343 g/mol. The molecule has 10 heteroatoms. The molecule has 0 saturated carbocycles. The van der Waals surface area contributed by atoms with Gasteiger partial charge in [0.15, 0.2) is 0 Å². The molecule has 1 N–H and O–H groups in total. The molecule has 0 radical (unpaired) electrons. The molecule has 0 saturated heterocycles. The lowest BCUT2D eigenvalue weighted by Crippen LogP contribution is -2.07. The minimum Gasteiger partial charge on any atom is -0.258 e. The van der Waals surface area contributed by atoms with Crippen LogP contribution >= 0.6 is 12.2 Å². The largest absolute Gasteiger partial charge is 0.271 e. The van der Waals surface area contributed by atoms with Gasteiger partial charge in [0.1, 0.15) is 0 Å². The predicted octanol–water partition coefficient (Wildman–Crippen LogP) is 2.53. The number of aryl methyl sites for hydroxylation is 2. The number of aromatic amines is 1. The summed E-state index contributed by atoms with van der Waals surface area (Å²) in [6.45, 7) is 3.79. The minimum absolute atomic E-state index is 0.0235. The summed E-state index contributed by atoms with van der Waals surface area (Å²) in [6, 6.07) is 7.96. The number of hydrogen-bond acceptors (Lipinski definition) is 6. The quantitative estimate of drug-likeness (QED) is 0.339. The molecule has 0 atom stereocenters. The predicted molar refractivity (Wildman–Crippen MR) is 90.1 cm³/mol. The van der Waals surface area contributed by atoms with Crippen LogP contribution in [0.3, 0.4) is 0 Å². The highest BCUT2D eigenvalue weighted by Gasteiger charge is 2.11. The van der Waals surface area contributed by atoms with Crippen LogP contribution in [0.4, 0.5) is 5.69 Å². The van der Waals surface area contributed by atoms with Crippen molar-refractivity contribution in [2.75, 3.05) is 0 Å². The molecular weight excluding hydrogens is 330 g/mol. The van der Waals surface area contributed by atoms with Crippen LogP contribution in [0.2, 0.25) is 0 Å². The van der Waals surface area contributed by atoms with Crippen LogP contribution in [0.25, 0.3) is 5.95 Å². The molecular formula is C14H13N7O2S. The summed E-state index contributed by atoms with van der Waals surface area (Å²) in [5.41, 5.74) is 2.47. The van der Waals surface area contributed by atoms with E-state index in [2.05, 4.69) is 20.4 Å². The third-order valence-electron chi connectivity index (χ3n) is 3.26. The molecule has 0 bridgehead atoms. The van der Waals surface area contributed by atoms with Gasteiger partial charge in [-0.1, -0.05) is 0 Å². The second kappa shape index (κ2) is 6.16. The van der Waals surface area contributed by atoms with Gasteiger partial charge in [0.2, 0.25) is 4.77 Å². The molecule has 0 aliphatic heterocycles. The van der Waals surface area contributed by atoms with E-state index >= 15 is 0 Å². The van der Waals surface area contributed by atoms with Crippen LogP contribution in [0.5, 0.6) is 0 Å². The van der Waals surface area contributed by atoms with Crippen LogP contribution in [0.1, 0.15) is 17.0 Å². The molecule has 0 aliphatic carbocycles. The Hall–Kier alpha value is -3.14. The minimum atomic E-state index is -0.450. The van der Waals surface area contributed by atoms with E-state index in [4.69, 9.17) is 12.2 Å². The van der Waals surface area contributed by atoms with E-state index in [1.807, 2.05) is 19.9 Å². The number of benzene rings is 1. The molecule has 122 valence electrons. The number of nitro groups is 1. The number of nitro benzene ring substituents is 1. The summed E-state index contributed by atoms with van der Waals surface area (Å²) in [5.74, 6) is 0.434. The second-order valence-corrected chi connectivity index (χ2v) is 5.46. The highest BCUT2D eigenvalue weighted by atomic mass is 32.1. The van der Waals surface area contributed by atoms with Crippen LogP contribution in [-0.4, -0.2) is 35.8 Å². The van der Waals surface area contributed by atoms with Gasteiger partial charge in [-0.25, -0.2) is 9.78 Å². The number of nitrogens with one attached hydrogen (secondary N) is 1. The van der Waals surface area contributed by atoms with Crippen molar-refractivity contribution < 1.29 is 4.92 Å². The number of hydrogen-bond donors (Lipinski definition) is 1. The summed E-state index contributed by atoms with van der Waals surface area (Å²) < 4.78 is 3.39. The van der Waals surface area contributed by atoms with Gasteiger partial charge in [-0.15, -0.1) is 5.10 Å². The van der Waals surface area contributed by atoms with Crippen molar-refractivity contribution >= 4 is 24.1 Å². The molecule has 0 unspecified atom stereocenters. The molecule has 2 aromatic heterocycles. The second-order valence-electron chi connectivity index (χ2n) is 5.07. The first-order valence-electron chi connectivity index (χ1n) is 6.95. The van der Waals surface area contributed by atoms with E-state index in [1.165, 1.54) is 16.8 Å². The fourth-order valence-corrected chi connectivity index (χ4v) is 2.34. The van der Waals surface area contributed by atoms with Crippen LogP contribution in [0, 0.1) is 28.7 Å². The lowest BCUT2D eigenvalue weighted by molar-refractivity contribution is -0.384. The van der Waals surface area contributed by atoms with Gasteiger partial charge >= 0.3 is 0 Å². The number of non-ortho nitro benzene ring substituents is 1. The molecule has 3 rings (SSSR count). The third-order valence-corrected chi connectivity index (χ3v) is 3.52. The first kappa shape index (κ1) is 15.7. The Labute approximate surface area is 141 Å². The SMILES string of the molecule is Cc1cc(C)n(-c2n[nH]c(=S)n2/N=C/c2ccc([N+](=O)[O-])cc2)n1. The first-order chi connectivity index (χ1) is 11.5. The van der Waals surface area contributed by atoms with Gasteiger partial charge in [0, 0.05) is 17.8 Å². The van der Waals surface area contributed by atoms with Gasteiger partial charge in [-0.2, -0.15) is 14.9 Å². The zero-order chi connectivity index (χ0) is 17.3. The van der Waals surface area contributed by atoms with Gasteiger partial charge < -0.3 is 0 Å². The van der Waals surface area contributed by atoms with Gasteiger partial charge in [0.25, 0.3) is 11.6 Å². The summed E-state index contributed by atoms with van der Waals surface area (Å²) in [6.07, 6.45) is 1.55. The Kier molecular flexibility index (Phi) is 4.04. The molecule has 0 aliphatic rings. The van der Waals surface area contributed by atoms with Crippen LogP contribution in [0.15, 0.2) is 35.4 Å². The zero-order valence-electron chi connectivity index (χ0n) is 12.9. The molecule has 0 spiro atoms. The molecule has 0 amide bonds. The molecule has 0 fully saturated rings. The maximum atomic E-state index is 10.7. The van der Waals surface area contributed by atoms with Gasteiger partial charge in [-0.05, 0) is 49.8 Å². The number of nitrogens with zero attached hydrogens (tertiary/aromatic N) is 6. The first-order valence-corrected chi connectivity index (χ1v) is 7.36. The number of aromatic nitrogens is 5. The molecule has 1 aromatic carbocycles. The molecule has 9 nitrogen and oxygen atoms in total. The lowest BCUT2D eigenvalue weighted by Gasteiger charge is -2.02. The topological polar surface area (TPSA) is 107 Å². The van der Waals surface area contributed by atoms with Gasteiger partial charge in [-0.3, -0.25) is 10.1 Å². The van der Waals surface area contributed by atoms with Crippen molar-refractivity contribution in [2.45, 2.75) is 13.8 Å². The van der Waals surface area contributed by atoms with E-state index in [-0.39, 0.29) is 5.69 Å². The smallest absolute Gasteiger partial charge is 0.258 e. The van der Waals surface area contributed by atoms with E-state index in [9.17, 15) is 10.1 Å². The summed E-state index contributed by atoms with van der Waals surface area (Å²) >= 11 is 5.19. The van der Waals surface area contributed by atoms with E-state index in [1.54, 1.807) is 23.0 Å². The average Bonchev–Trinajstić information content (AvgIpc) is 3.07. The lowest BCUT2D eigenvalue weighted by atomic mass is 10.2. The van der Waals surface area contributed by atoms with Crippen LogP contribution < -0.4 is 0 Å².